The van der Waals surface area contributed by atoms with Gasteiger partial charge in [0.25, 0.3) is 0 Å². The van der Waals surface area contributed by atoms with Crippen LogP contribution in [0.25, 0.3) is 0 Å². The minimum absolute atomic E-state index is 0.405. The monoisotopic (exact) mass is 192 g/mol. The fourth-order valence-corrected chi connectivity index (χ4v) is 1.24. The third kappa shape index (κ3) is 1.43. The molecule has 1 aliphatic heterocycles. The molecule has 2 rings (SSSR count). The first kappa shape index (κ1) is 8.28. The van der Waals surface area contributed by atoms with Crippen LogP contribution in [0.5, 0.6) is 0 Å². The summed E-state index contributed by atoms with van der Waals surface area (Å²) >= 11 is 4.89. The SMILES string of the molecule is NC1C(=S)N=NN1c1ccccc1. The van der Waals surface area contributed by atoms with Gasteiger partial charge in [0.05, 0.1) is 5.69 Å². The fraction of sp³-hybridized carbons (Fsp3) is 0.125. The van der Waals surface area contributed by atoms with Crippen LogP contribution >= 0.6 is 12.2 Å². The second-order valence-corrected chi connectivity index (χ2v) is 3.07. The van der Waals surface area contributed by atoms with Crippen molar-refractivity contribution < 1.29 is 0 Å². The largest absolute Gasteiger partial charge is 0.304 e. The van der Waals surface area contributed by atoms with Gasteiger partial charge in [-0.3, -0.25) is 0 Å². The lowest BCUT2D eigenvalue weighted by molar-refractivity contribution is 0.800. The summed E-state index contributed by atoms with van der Waals surface area (Å²) in [7, 11) is 0. The van der Waals surface area contributed by atoms with Crippen LogP contribution in [0.15, 0.2) is 40.7 Å². The quantitative estimate of drug-likeness (QED) is 0.686. The van der Waals surface area contributed by atoms with Gasteiger partial charge < -0.3 is 5.73 Å². The molecule has 0 saturated carbocycles. The molecule has 0 amide bonds. The molecular weight excluding hydrogens is 184 g/mol. The molecule has 0 fully saturated rings. The van der Waals surface area contributed by atoms with E-state index in [2.05, 4.69) is 10.3 Å². The summed E-state index contributed by atoms with van der Waals surface area (Å²) < 4.78 is 0. The zero-order valence-electron chi connectivity index (χ0n) is 6.79. The predicted octanol–water partition coefficient (Wildman–Crippen LogP) is 1.49. The maximum atomic E-state index is 5.75. The summed E-state index contributed by atoms with van der Waals surface area (Å²) in [4.78, 5) is 0.420. The highest BCUT2D eigenvalue weighted by Gasteiger charge is 2.24. The van der Waals surface area contributed by atoms with Gasteiger partial charge in [0.1, 0.15) is 0 Å². The van der Waals surface area contributed by atoms with E-state index in [1.54, 1.807) is 5.01 Å². The van der Waals surface area contributed by atoms with E-state index in [1.807, 2.05) is 30.3 Å². The van der Waals surface area contributed by atoms with Gasteiger partial charge in [0, 0.05) is 0 Å². The molecule has 2 N–H and O–H groups in total. The number of rotatable bonds is 1. The van der Waals surface area contributed by atoms with Crippen molar-refractivity contribution >= 4 is 22.9 Å². The van der Waals surface area contributed by atoms with E-state index in [4.69, 9.17) is 18.0 Å². The Morgan fingerprint density at radius 2 is 2.00 bits per heavy atom. The van der Waals surface area contributed by atoms with Gasteiger partial charge in [0.15, 0.2) is 11.2 Å². The van der Waals surface area contributed by atoms with Crippen LogP contribution in [0.3, 0.4) is 0 Å². The number of hydrogen-bond donors (Lipinski definition) is 1. The van der Waals surface area contributed by atoms with Crippen LogP contribution in [0.2, 0.25) is 0 Å². The Labute approximate surface area is 81.0 Å². The van der Waals surface area contributed by atoms with Crippen molar-refractivity contribution in [3.05, 3.63) is 30.3 Å². The van der Waals surface area contributed by atoms with E-state index in [1.165, 1.54) is 0 Å². The number of benzene rings is 1. The molecule has 1 heterocycles. The third-order valence-corrected chi connectivity index (χ3v) is 2.10. The summed E-state index contributed by atoms with van der Waals surface area (Å²) in [6.45, 7) is 0. The van der Waals surface area contributed by atoms with Crippen LogP contribution in [0.4, 0.5) is 5.69 Å². The van der Waals surface area contributed by atoms with Crippen LogP contribution in [0.1, 0.15) is 0 Å². The molecule has 5 heteroatoms. The van der Waals surface area contributed by atoms with Crippen molar-refractivity contribution in [3.63, 3.8) is 0 Å². The Morgan fingerprint density at radius 3 is 2.54 bits per heavy atom. The Kier molecular flexibility index (Phi) is 2.03. The molecule has 0 radical (unpaired) electrons. The van der Waals surface area contributed by atoms with Crippen molar-refractivity contribution in [2.75, 3.05) is 5.01 Å². The van der Waals surface area contributed by atoms with Crippen molar-refractivity contribution in [1.29, 1.82) is 0 Å². The normalized spacial score (nSPS) is 21.2. The average molecular weight is 192 g/mol. The van der Waals surface area contributed by atoms with E-state index in [-0.39, 0.29) is 0 Å². The molecule has 1 atom stereocenters. The second-order valence-electron chi connectivity index (χ2n) is 2.65. The first-order chi connectivity index (χ1) is 6.29. The molecule has 0 aliphatic carbocycles. The van der Waals surface area contributed by atoms with Crippen LogP contribution in [-0.4, -0.2) is 11.2 Å². The highest BCUT2D eigenvalue weighted by molar-refractivity contribution is 7.80. The van der Waals surface area contributed by atoms with E-state index in [9.17, 15) is 0 Å². The Hall–Kier alpha value is -1.33. The van der Waals surface area contributed by atoms with Crippen LogP contribution in [-0.2, 0) is 0 Å². The van der Waals surface area contributed by atoms with Gasteiger partial charge in [-0.15, -0.1) is 5.11 Å². The second kappa shape index (κ2) is 3.20. The van der Waals surface area contributed by atoms with Crippen molar-refractivity contribution in [1.82, 2.24) is 0 Å². The zero-order valence-corrected chi connectivity index (χ0v) is 7.61. The van der Waals surface area contributed by atoms with E-state index < -0.39 is 6.17 Å². The Morgan fingerprint density at radius 1 is 1.31 bits per heavy atom. The molecule has 0 spiro atoms. The van der Waals surface area contributed by atoms with Gasteiger partial charge in [0.2, 0.25) is 0 Å². The lowest BCUT2D eigenvalue weighted by Gasteiger charge is -2.16. The maximum absolute atomic E-state index is 5.75. The fourth-order valence-electron chi connectivity index (χ4n) is 1.10. The van der Waals surface area contributed by atoms with Crippen molar-refractivity contribution in [2.45, 2.75) is 6.17 Å². The molecular formula is C8H8N4S. The van der Waals surface area contributed by atoms with Crippen LogP contribution in [0, 0.1) is 0 Å². The molecule has 1 aromatic rings. The highest BCUT2D eigenvalue weighted by atomic mass is 32.1. The summed E-state index contributed by atoms with van der Waals surface area (Å²) in [5, 5.41) is 9.19. The number of nitrogens with two attached hydrogens (primary N) is 1. The predicted molar refractivity (Wildman–Crippen MR) is 54.4 cm³/mol. The Bertz CT molecular complexity index is 348. The smallest absolute Gasteiger partial charge is 0.166 e. The number of anilines is 1. The molecule has 1 unspecified atom stereocenters. The number of para-hydroxylation sites is 1. The van der Waals surface area contributed by atoms with Crippen molar-refractivity contribution in [2.24, 2.45) is 16.1 Å². The van der Waals surface area contributed by atoms with Gasteiger partial charge in [-0.2, -0.15) is 0 Å². The highest BCUT2D eigenvalue weighted by Crippen LogP contribution is 2.20. The topological polar surface area (TPSA) is 54.0 Å². The number of hydrogen-bond acceptors (Lipinski definition) is 4. The molecule has 0 bridgehead atoms. The minimum Gasteiger partial charge on any atom is -0.304 e. The average Bonchev–Trinajstić information content (AvgIpc) is 2.49. The minimum atomic E-state index is -0.405. The summed E-state index contributed by atoms with van der Waals surface area (Å²) in [6.07, 6.45) is -0.405. The molecule has 13 heavy (non-hydrogen) atoms. The van der Waals surface area contributed by atoms with Crippen molar-refractivity contribution in [3.8, 4) is 0 Å². The molecule has 4 nitrogen and oxygen atoms in total. The van der Waals surface area contributed by atoms with Gasteiger partial charge in [-0.25, -0.2) is 5.01 Å². The number of thiocarbonyl (C=S) groups is 1. The molecule has 0 aromatic heterocycles. The van der Waals surface area contributed by atoms with E-state index in [0.29, 0.717) is 4.99 Å². The maximum Gasteiger partial charge on any atom is 0.166 e. The third-order valence-electron chi connectivity index (χ3n) is 1.78. The molecule has 66 valence electrons. The molecule has 1 aromatic carbocycles. The van der Waals surface area contributed by atoms with Gasteiger partial charge in [-0.05, 0) is 12.1 Å². The van der Waals surface area contributed by atoms with Crippen LogP contribution < -0.4 is 10.7 Å². The standard InChI is InChI=1S/C8H8N4S/c9-7-8(13)10-11-12(7)6-4-2-1-3-5-6/h1-5,7H,9H2. The lowest BCUT2D eigenvalue weighted by atomic mass is 10.3. The van der Waals surface area contributed by atoms with Gasteiger partial charge >= 0.3 is 0 Å². The summed E-state index contributed by atoms with van der Waals surface area (Å²) in [6, 6.07) is 9.58. The summed E-state index contributed by atoms with van der Waals surface area (Å²) in [5.41, 5.74) is 6.65. The van der Waals surface area contributed by atoms with E-state index >= 15 is 0 Å². The number of nitrogens with zero attached hydrogens (tertiary/aromatic N) is 3. The molecule has 1 aliphatic rings. The van der Waals surface area contributed by atoms with E-state index in [0.717, 1.165) is 5.69 Å². The Balaban J connectivity index is 2.29. The summed E-state index contributed by atoms with van der Waals surface area (Å²) in [5.74, 6) is 0. The van der Waals surface area contributed by atoms with Gasteiger partial charge in [-0.1, -0.05) is 35.6 Å². The molecule has 0 saturated heterocycles. The first-order valence-corrected chi connectivity index (χ1v) is 4.25. The lowest BCUT2D eigenvalue weighted by Crippen LogP contribution is -2.39. The first-order valence-electron chi connectivity index (χ1n) is 3.84. The zero-order chi connectivity index (χ0) is 9.26.